The number of ketones is 1. The summed E-state index contributed by atoms with van der Waals surface area (Å²) in [6.07, 6.45) is 2.23. The molecule has 1 aliphatic heterocycles. The second-order valence-electron chi connectivity index (χ2n) is 6.45. The van der Waals surface area contributed by atoms with E-state index in [1.807, 2.05) is 30.6 Å². The average Bonchev–Trinajstić information content (AvgIpc) is 3.35. The highest BCUT2D eigenvalue weighted by atomic mass is 32.2. The Hall–Kier alpha value is -2.41. The molecule has 3 aromatic rings. The van der Waals surface area contributed by atoms with Crippen LogP contribution < -0.4 is 10.3 Å². The number of thiazole rings is 1. The Labute approximate surface area is 166 Å². The van der Waals surface area contributed by atoms with Crippen LogP contribution in [0.3, 0.4) is 0 Å². The minimum absolute atomic E-state index is 0.129. The molecule has 0 fully saturated rings. The van der Waals surface area contributed by atoms with Gasteiger partial charge in [-0.2, -0.15) is 4.83 Å². The Morgan fingerprint density at radius 1 is 1.07 bits per heavy atom. The maximum atomic E-state index is 12.4. The Balaban J connectivity index is 1.57. The van der Waals surface area contributed by atoms with E-state index >= 15 is 0 Å². The fourth-order valence-corrected chi connectivity index (χ4v) is 4.38. The number of nitrogens with one attached hydrogen (secondary N) is 2. The van der Waals surface area contributed by atoms with Gasteiger partial charge in [0.1, 0.15) is 5.01 Å². The lowest BCUT2D eigenvalue weighted by molar-refractivity contribution is -0.114. The predicted octanol–water partition coefficient (Wildman–Crippen LogP) is 4.88. The van der Waals surface area contributed by atoms with Crippen LogP contribution in [0.5, 0.6) is 0 Å². The van der Waals surface area contributed by atoms with Gasteiger partial charge < -0.3 is 5.43 Å². The summed E-state index contributed by atoms with van der Waals surface area (Å²) in [5, 5.41) is 3.02. The molecule has 0 saturated heterocycles. The van der Waals surface area contributed by atoms with E-state index in [9.17, 15) is 4.79 Å². The molecule has 4 nitrogen and oxygen atoms in total. The van der Waals surface area contributed by atoms with Gasteiger partial charge >= 0.3 is 0 Å². The van der Waals surface area contributed by atoms with E-state index in [1.165, 1.54) is 23.1 Å². The zero-order valence-corrected chi connectivity index (χ0v) is 16.7. The Morgan fingerprint density at radius 2 is 1.85 bits per heavy atom. The number of nitrogens with zero attached hydrogens (tertiary/aromatic N) is 1. The summed E-state index contributed by atoms with van der Waals surface area (Å²) in [4.78, 5) is 20.5. The number of benzene rings is 2. The molecular formula is C21H19N3OS2. The van der Waals surface area contributed by atoms with Crippen molar-refractivity contribution in [2.24, 2.45) is 0 Å². The first-order valence-electron chi connectivity index (χ1n) is 8.63. The molecule has 0 aliphatic carbocycles. The monoisotopic (exact) mass is 393 g/mol. The molecule has 2 N–H and O–H groups in total. The molecule has 6 heteroatoms. The van der Waals surface area contributed by atoms with Crippen molar-refractivity contribution in [3.63, 3.8) is 0 Å². The van der Waals surface area contributed by atoms with E-state index in [-0.39, 0.29) is 5.78 Å². The molecule has 1 aliphatic rings. The highest BCUT2D eigenvalue weighted by Gasteiger charge is 2.19. The lowest BCUT2D eigenvalue weighted by Crippen LogP contribution is -2.16. The second-order valence-corrected chi connectivity index (χ2v) is 8.16. The van der Waals surface area contributed by atoms with Gasteiger partial charge in [0.05, 0.1) is 4.91 Å². The molecule has 136 valence electrons. The van der Waals surface area contributed by atoms with Crippen LogP contribution in [0.4, 0.5) is 0 Å². The number of hydrogen-bond acceptors (Lipinski definition) is 6. The third-order valence-electron chi connectivity index (χ3n) is 4.53. The van der Waals surface area contributed by atoms with Gasteiger partial charge in [-0.1, -0.05) is 36.4 Å². The fraction of sp³-hybridized carbons (Fsp3) is 0.143. The minimum Gasteiger partial charge on any atom is -0.315 e. The first-order valence-corrected chi connectivity index (χ1v) is 10.3. The van der Waals surface area contributed by atoms with Crippen LogP contribution in [0.15, 0.2) is 64.6 Å². The number of carbonyl (C=O) groups excluding carboxylic acids is 1. The van der Waals surface area contributed by atoms with Crippen molar-refractivity contribution in [2.75, 3.05) is 0 Å². The van der Waals surface area contributed by atoms with Crippen LogP contribution in [0, 0.1) is 6.92 Å². The van der Waals surface area contributed by atoms with Gasteiger partial charge in [-0.15, -0.1) is 11.3 Å². The van der Waals surface area contributed by atoms with Crippen LogP contribution in [0.2, 0.25) is 0 Å². The molecule has 0 amide bonds. The van der Waals surface area contributed by atoms with Crippen molar-refractivity contribution in [1.82, 2.24) is 15.2 Å². The van der Waals surface area contributed by atoms with Crippen molar-refractivity contribution in [2.45, 2.75) is 20.3 Å². The van der Waals surface area contributed by atoms with Gasteiger partial charge in [-0.25, -0.2) is 4.98 Å². The summed E-state index contributed by atoms with van der Waals surface area (Å²) in [6, 6.07) is 14.7. The van der Waals surface area contributed by atoms with Crippen molar-refractivity contribution < 1.29 is 4.79 Å². The third kappa shape index (κ3) is 3.83. The number of rotatable bonds is 5. The number of hydrazine groups is 1. The maximum Gasteiger partial charge on any atom is 0.176 e. The smallest absolute Gasteiger partial charge is 0.176 e. The number of aromatic nitrogens is 1. The molecule has 0 atom stereocenters. The van der Waals surface area contributed by atoms with E-state index in [2.05, 4.69) is 52.5 Å². The standard InChI is InChI=1S/C21H19N3OS2/c1-13-3-6-17(21-22-9-10-26-21)12-18(13)16-7-4-15(5-8-16)11-19(25)20-14(2)23-24-27-20/h3-10,12,23-24H,11H2,1-2H3. The quantitative estimate of drug-likeness (QED) is 0.605. The molecule has 0 bridgehead atoms. The summed E-state index contributed by atoms with van der Waals surface area (Å²) in [5.74, 6) is 0.129. The van der Waals surface area contributed by atoms with Crippen molar-refractivity contribution in [3.05, 3.63) is 75.8 Å². The van der Waals surface area contributed by atoms with E-state index in [1.54, 1.807) is 11.3 Å². The average molecular weight is 394 g/mol. The summed E-state index contributed by atoms with van der Waals surface area (Å²) in [5.41, 5.74) is 9.56. The van der Waals surface area contributed by atoms with Crippen molar-refractivity contribution in [3.8, 4) is 21.7 Å². The number of Topliss-reactive ketones (excluding diaryl/α,β-unsaturated/α-hetero) is 1. The van der Waals surface area contributed by atoms with E-state index in [0.29, 0.717) is 6.42 Å². The van der Waals surface area contributed by atoms with Crippen LogP contribution in [0.25, 0.3) is 21.7 Å². The number of carbonyl (C=O) groups is 1. The highest BCUT2D eigenvalue weighted by molar-refractivity contribution is 8.02. The molecule has 0 radical (unpaired) electrons. The van der Waals surface area contributed by atoms with Crippen LogP contribution in [0.1, 0.15) is 18.1 Å². The fourth-order valence-electron chi connectivity index (χ4n) is 3.05. The second kappa shape index (κ2) is 7.68. The van der Waals surface area contributed by atoms with Gasteiger partial charge in [0.15, 0.2) is 5.78 Å². The first-order chi connectivity index (χ1) is 13.1. The van der Waals surface area contributed by atoms with Gasteiger partial charge in [-0.3, -0.25) is 4.79 Å². The van der Waals surface area contributed by atoms with Gasteiger partial charge in [0.2, 0.25) is 0 Å². The Morgan fingerprint density at radius 3 is 2.52 bits per heavy atom. The van der Waals surface area contributed by atoms with Crippen molar-refractivity contribution in [1.29, 1.82) is 0 Å². The molecule has 4 rings (SSSR count). The van der Waals surface area contributed by atoms with Gasteiger partial charge in [0.25, 0.3) is 0 Å². The normalized spacial score (nSPS) is 13.7. The van der Waals surface area contributed by atoms with Gasteiger partial charge in [-0.05, 0) is 54.1 Å². The zero-order valence-electron chi connectivity index (χ0n) is 15.1. The summed E-state index contributed by atoms with van der Waals surface area (Å²) >= 11 is 2.99. The third-order valence-corrected chi connectivity index (χ3v) is 6.30. The molecule has 0 spiro atoms. The van der Waals surface area contributed by atoms with Crippen LogP contribution in [-0.4, -0.2) is 10.8 Å². The number of hydrogen-bond donors (Lipinski definition) is 2. The number of allylic oxidation sites excluding steroid dienone is 2. The van der Waals surface area contributed by atoms with E-state index in [4.69, 9.17) is 0 Å². The molecular weight excluding hydrogens is 374 g/mol. The molecule has 0 saturated carbocycles. The highest BCUT2D eigenvalue weighted by Crippen LogP contribution is 2.31. The SMILES string of the molecule is CC1=C(C(=O)Cc2ccc(-c3cc(-c4nccs4)ccc3C)cc2)SNN1. The summed E-state index contributed by atoms with van der Waals surface area (Å²) in [7, 11) is 0. The first kappa shape index (κ1) is 18.0. The molecule has 27 heavy (non-hydrogen) atoms. The van der Waals surface area contributed by atoms with E-state index in [0.717, 1.165) is 32.3 Å². The predicted molar refractivity (Wildman–Crippen MR) is 113 cm³/mol. The minimum atomic E-state index is 0.129. The Kier molecular flexibility index (Phi) is 5.11. The summed E-state index contributed by atoms with van der Waals surface area (Å²) < 4.78 is 0. The maximum absolute atomic E-state index is 12.4. The Bertz CT molecular complexity index is 1010. The van der Waals surface area contributed by atoms with Crippen LogP contribution >= 0.6 is 23.3 Å². The van der Waals surface area contributed by atoms with Gasteiger partial charge in [0, 0.05) is 29.3 Å². The van der Waals surface area contributed by atoms with Crippen molar-refractivity contribution >= 4 is 29.1 Å². The lowest BCUT2D eigenvalue weighted by Gasteiger charge is -2.09. The van der Waals surface area contributed by atoms with Crippen LogP contribution in [-0.2, 0) is 11.2 Å². The molecule has 0 unspecified atom stereocenters. The topological polar surface area (TPSA) is 54.0 Å². The number of aryl methyl sites for hydroxylation is 1. The molecule has 2 aromatic carbocycles. The lowest BCUT2D eigenvalue weighted by atomic mass is 9.96. The van der Waals surface area contributed by atoms with E-state index < -0.39 is 0 Å². The summed E-state index contributed by atoms with van der Waals surface area (Å²) in [6.45, 7) is 4.02. The largest absolute Gasteiger partial charge is 0.315 e. The molecule has 2 heterocycles. The zero-order chi connectivity index (χ0) is 18.8. The molecule has 1 aromatic heterocycles.